The molecule has 2 aromatic rings. The van der Waals surface area contributed by atoms with Crippen molar-refractivity contribution in [1.82, 2.24) is 0 Å². The van der Waals surface area contributed by atoms with E-state index in [2.05, 4.69) is 37.2 Å². The summed E-state index contributed by atoms with van der Waals surface area (Å²) in [5.74, 6) is -0.190. The van der Waals surface area contributed by atoms with Crippen molar-refractivity contribution in [2.75, 3.05) is 11.1 Å². The zero-order valence-electron chi connectivity index (χ0n) is 9.28. The number of halogens is 2. The molecule has 1 amide bonds. The molecule has 2 rings (SSSR count). The number of benzene rings is 2. The molecule has 0 fully saturated rings. The summed E-state index contributed by atoms with van der Waals surface area (Å²) in [4.78, 5) is 12.0. The molecule has 0 unspecified atom stereocenters. The average Bonchev–Trinajstić information content (AvgIpc) is 2.32. The highest BCUT2D eigenvalue weighted by molar-refractivity contribution is 9.10. The van der Waals surface area contributed by atoms with Crippen LogP contribution >= 0.6 is 31.9 Å². The van der Waals surface area contributed by atoms with Crippen LogP contribution < -0.4 is 11.1 Å². The van der Waals surface area contributed by atoms with Gasteiger partial charge in [0.2, 0.25) is 0 Å². The third-order valence-corrected chi connectivity index (χ3v) is 3.34. The Morgan fingerprint density at radius 3 is 2.44 bits per heavy atom. The third kappa shape index (κ3) is 3.11. The number of nitrogens with one attached hydrogen (secondary N) is 1. The Morgan fingerprint density at radius 1 is 1.06 bits per heavy atom. The number of anilines is 2. The zero-order valence-corrected chi connectivity index (χ0v) is 12.5. The molecule has 0 radical (unpaired) electrons. The van der Waals surface area contributed by atoms with Gasteiger partial charge in [-0.1, -0.05) is 37.9 Å². The third-order valence-electron chi connectivity index (χ3n) is 2.35. The fourth-order valence-electron chi connectivity index (χ4n) is 1.47. The van der Waals surface area contributed by atoms with Crippen molar-refractivity contribution in [3.05, 3.63) is 57.0 Å². The van der Waals surface area contributed by atoms with E-state index in [4.69, 9.17) is 5.73 Å². The number of hydrogen-bond acceptors (Lipinski definition) is 2. The van der Waals surface area contributed by atoms with Gasteiger partial charge in [-0.3, -0.25) is 4.79 Å². The van der Waals surface area contributed by atoms with Gasteiger partial charge in [0.05, 0.1) is 11.4 Å². The average molecular weight is 370 g/mol. The van der Waals surface area contributed by atoms with Crippen molar-refractivity contribution in [2.45, 2.75) is 0 Å². The van der Waals surface area contributed by atoms with Gasteiger partial charge in [-0.05, 0) is 36.4 Å². The molecule has 0 heterocycles. The van der Waals surface area contributed by atoms with Crippen molar-refractivity contribution in [3.8, 4) is 0 Å². The maximum atomic E-state index is 12.0. The van der Waals surface area contributed by atoms with Crippen molar-refractivity contribution < 1.29 is 4.79 Å². The number of nitrogens with two attached hydrogens (primary N) is 1. The molecule has 0 saturated carbocycles. The van der Waals surface area contributed by atoms with Gasteiger partial charge in [-0.2, -0.15) is 0 Å². The largest absolute Gasteiger partial charge is 0.397 e. The molecule has 3 N–H and O–H groups in total. The van der Waals surface area contributed by atoms with Gasteiger partial charge in [0.15, 0.2) is 0 Å². The molecule has 0 aliphatic carbocycles. The van der Waals surface area contributed by atoms with Gasteiger partial charge < -0.3 is 11.1 Å². The van der Waals surface area contributed by atoms with E-state index >= 15 is 0 Å². The van der Waals surface area contributed by atoms with E-state index < -0.39 is 0 Å². The second-order valence-electron chi connectivity index (χ2n) is 3.70. The Hall–Kier alpha value is -1.33. The first-order valence-electron chi connectivity index (χ1n) is 5.18. The van der Waals surface area contributed by atoms with Crippen molar-refractivity contribution in [1.29, 1.82) is 0 Å². The van der Waals surface area contributed by atoms with E-state index in [1.165, 1.54) is 0 Å². The van der Waals surface area contributed by atoms with Gasteiger partial charge in [0.25, 0.3) is 5.91 Å². The molecule has 0 saturated heterocycles. The lowest BCUT2D eigenvalue weighted by Crippen LogP contribution is -2.13. The highest BCUT2D eigenvalue weighted by Gasteiger charge is 2.08. The molecule has 5 heteroatoms. The van der Waals surface area contributed by atoms with Crippen molar-refractivity contribution >= 4 is 49.1 Å². The number of rotatable bonds is 2. The van der Waals surface area contributed by atoms with E-state index in [1.54, 1.807) is 24.3 Å². The predicted octanol–water partition coefficient (Wildman–Crippen LogP) is 4.05. The van der Waals surface area contributed by atoms with E-state index in [9.17, 15) is 4.79 Å². The van der Waals surface area contributed by atoms with Crippen LogP contribution in [0.1, 0.15) is 10.4 Å². The second kappa shape index (κ2) is 5.54. The van der Waals surface area contributed by atoms with Crippen LogP contribution in [-0.4, -0.2) is 5.91 Å². The van der Waals surface area contributed by atoms with Crippen molar-refractivity contribution in [2.24, 2.45) is 0 Å². The first-order chi connectivity index (χ1) is 8.56. The highest BCUT2D eigenvalue weighted by Crippen LogP contribution is 2.23. The van der Waals surface area contributed by atoms with Crippen LogP contribution in [-0.2, 0) is 0 Å². The Labute approximate surface area is 122 Å². The van der Waals surface area contributed by atoms with Gasteiger partial charge >= 0.3 is 0 Å². The van der Waals surface area contributed by atoms with Gasteiger partial charge in [0.1, 0.15) is 0 Å². The summed E-state index contributed by atoms with van der Waals surface area (Å²) in [6.45, 7) is 0. The lowest BCUT2D eigenvalue weighted by Gasteiger charge is -2.08. The maximum absolute atomic E-state index is 12.0. The second-order valence-corrected chi connectivity index (χ2v) is 5.53. The Balaban J connectivity index is 2.21. The standard InChI is InChI=1S/C13H10Br2N2O/c14-9-3-1-2-8(6-9)13(18)17-12-5-4-10(15)7-11(12)16/h1-7H,16H2,(H,17,18). The van der Waals surface area contributed by atoms with Crippen LogP contribution in [0, 0.1) is 0 Å². The van der Waals surface area contributed by atoms with Gasteiger partial charge in [-0.25, -0.2) is 0 Å². The first-order valence-corrected chi connectivity index (χ1v) is 6.77. The summed E-state index contributed by atoms with van der Waals surface area (Å²) >= 11 is 6.65. The zero-order chi connectivity index (χ0) is 13.1. The fraction of sp³-hybridized carbons (Fsp3) is 0. The first kappa shape index (κ1) is 13.1. The number of carbonyl (C=O) groups is 1. The van der Waals surface area contributed by atoms with Gasteiger partial charge in [-0.15, -0.1) is 0 Å². The molecule has 18 heavy (non-hydrogen) atoms. The minimum atomic E-state index is -0.190. The van der Waals surface area contributed by atoms with Crippen LogP contribution in [0.2, 0.25) is 0 Å². The van der Waals surface area contributed by atoms with Crippen LogP contribution in [0.5, 0.6) is 0 Å². The molecule has 0 spiro atoms. The summed E-state index contributed by atoms with van der Waals surface area (Å²) in [7, 11) is 0. The van der Waals surface area contributed by atoms with Crippen LogP contribution in [0.25, 0.3) is 0 Å². The summed E-state index contributed by atoms with van der Waals surface area (Å²) in [6.07, 6.45) is 0. The minimum absolute atomic E-state index is 0.190. The van der Waals surface area contributed by atoms with E-state index in [-0.39, 0.29) is 5.91 Å². The monoisotopic (exact) mass is 368 g/mol. The molecule has 0 aliphatic rings. The molecule has 3 nitrogen and oxygen atoms in total. The van der Waals surface area contributed by atoms with E-state index in [0.717, 1.165) is 8.95 Å². The quantitative estimate of drug-likeness (QED) is 0.784. The molecule has 0 atom stereocenters. The summed E-state index contributed by atoms with van der Waals surface area (Å²) < 4.78 is 1.74. The topological polar surface area (TPSA) is 55.1 Å². The molecule has 0 bridgehead atoms. The molecular weight excluding hydrogens is 360 g/mol. The minimum Gasteiger partial charge on any atom is -0.397 e. The van der Waals surface area contributed by atoms with Crippen LogP contribution in [0.4, 0.5) is 11.4 Å². The lowest BCUT2D eigenvalue weighted by molar-refractivity contribution is 0.102. The smallest absolute Gasteiger partial charge is 0.255 e. The maximum Gasteiger partial charge on any atom is 0.255 e. The fourth-order valence-corrected chi connectivity index (χ4v) is 2.25. The predicted molar refractivity (Wildman–Crippen MR) is 80.6 cm³/mol. The van der Waals surface area contributed by atoms with E-state index in [1.807, 2.05) is 18.2 Å². The molecule has 92 valence electrons. The number of hydrogen-bond donors (Lipinski definition) is 2. The van der Waals surface area contributed by atoms with Crippen LogP contribution in [0.15, 0.2) is 51.4 Å². The molecule has 0 aliphatic heterocycles. The molecule has 2 aromatic carbocycles. The number of carbonyl (C=O) groups excluding carboxylic acids is 1. The number of amides is 1. The Kier molecular flexibility index (Phi) is 4.04. The van der Waals surface area contributed by atoms with Crippen molar-refractivity contribution in [3.63, 3.8) is 0 Å². The van der Waals surface area contributed by atoms with E-state index in [0.29, 0.717) is 16.9 Å². The summed E-state index contributed by atoms with van der Waals surface area (Å²) in [5, 5.41) is 2.78. The molecule has 0 aromatic heterocycles. The highest BCUT2D eigenvalue weighted by atomic mass is 79.9. The molecular formula is C13H10Br2N2O. The van der Waals surface area contributed by atoms with Crippen LogP contribution in [0.3, 0.4) is 0 Å². The Bertz CT molecular complexity index is 599. The lowest BCUT2D eigenvalue weighted by atomic mass is 10.2. The summed E-state index contributed by atoms with van der Waals surface area (Å²) in [6, 6.07) is 12.5. The Morgan fingerprint density at radius 2 is 1.78 bits per heavy atom. The SMILES string of the molecule is Nc1cc(Br)ccc1NC(=O)c1cccc(Br)c1. The van der Waals surface area contributed by atoms with Gasteiger partial charge in [0, 0.05) is 14.5 Å². The number of nitrogen functional groups attached to an aromatic ring is 1. The normalized spacial score (nSPS) is 10.1. The summed E-state index contributed by atoms with van der Waals surface area (Å²) in [5.41, 5.74) is 7.52.